The Bertz CT molecular complexity index is 1380. The monoisotopic (exact) mass is 479 g/mol. The molecule has 0 bridgehead atoms. The van der Waals surface area contributed by atoms with E-state index in [1.54, 1.807) is 60.7 Å². The number of rotatable bonds is 5. The van der Waals surface area contributed by atoms with Gasteiger partial charge >= 0.3 is 0 Å². The van der Waals surface area contributed by atoms with E-state index < -0.39 is 0 Å². The van der Waals surface area contributed by atoms with Gasteiger partial charge in [-0.25, -0.2) is 0 Å². The zero-order valence-electron chi connectivity index (χ0n) is 19.7. The van der Waals surface area contributed by atoms with Crippen LogP contribution in [0.3, 0.4) is 0 Å². The number of nitrogens with zero attached hydrogens (tertiary/aromatic N) is 1. The number of fused-ring (bicyclic) bond motifs is 1. The van der Waals surface area contributed by atoms with Crippen LogP contribution < -0.4 is 15.5 Å². The van der Waals surface area contributed by atoms with E-state index >= 15 is 0 Å². The summed E-state index contributed by atoms with van der Waals surface area (Å²) < 4.78 is 0. The summed E-state index contributed by atoms with van der Waals surface area (Å²) in [5.74, 6) is -1.63. The van der Waals surface area contributed by atoms with Crippen LogP contribution in [0.4, 0.5) is 17.1 Å². The van der Waals surface area contributed by atoms with Crippen molar-refractivity contribution in [3.05, 3.63) is 102 Å². The van der Waals surface area contributed by atoms with Gasteiger partial charge in [0.05, 0.1) is 17.5 Å². The molecule has 1 aliphatic heterocycles. The molecule has 1 saturated heterocycles. The third-order valence-electron chi connectivity index (χ3n) is 6.62. The molecule has 4 amide bonds. The Morgan fingerprint density at radius 3 is 2.14 bits per heavy atom. The first kappa shape index (κ1) is 23.2. The summed E-state index contributed by atoms with van der Waals surface area (Å²) >= 11 is 0. The molecule has 3 aromatic rings. The lowest BCUT2D eigenvalue weighted by molar-refractivity contribution is -0.122. The Morgan fingerprint density at radius 1 is 0.750 bits per heavy atom. The van der Waals surface area contributed by atoms with Gasteiger partial charge in [-0.05, 0) is 74.4 Å². The molecular formula is C29H25N3O4. The number of amides is 4. The number of allylic oxidation sites excluding steroid dienone is 2. The fourth-order valence-corrected chi connectivity index (χ4v) is 4.72. The highest BCUT2D eigenvalue weighted by Gasteiger charge is 2.48. The molecule has 2 aliphatic rings. The third kappa shape index (κ3) is 4.55. The molecular weight excluding hydrogens is 454 g/mol. The van der Waals surface area contributed by atoms with Gasteiger partial charge in [-0.15, -0.1) is 0 Å². The highest BCUT2D eigenvalue weighted by atomic mass is 16.2. The summed E-state index contributed by atoms with van der Waals surface area (Å²) in [6, 6.07) is 22.2. The van der Waals surface area contributed by atoms with E-state index in [9.17, 15) is 19.2 Å². The lowest BCUT2D eigenvalue weighted by Crippen LogP contribution is -2.30. The Morgan fingerprint density at radius 2 is 1.39 bits per heavy atom. The van der Waals surface area contributed by atoms with Gasteiger partial charge < -0.3 is 10.6 Å². The van der Waals surface area contributed by atoms with Gasteiger partial charge in [0.2, 0.25) is 11.8 Å². The predicted molar refractivity (Wildman–Crippen MR) is 138 cm³/mol. The van der Waals surface area contributed by atoms with Gasteiger partial charge in [-0.3, -0.25) is 24.1 Å². The second-order valence-electron chi connectivity index (χ2n) is 9.12. The maximum Gasteiger partial charge on any atom is 0.255 e. The van der Waals surface area contributed by atoms with Crippen LogP contribution in [0.1, 0.15) is 40.5 Å². The van der Waals surface area contributed by atoms with Crippen LogP contribution in [0.2, 0.25) is 0 Å². The molecule has 1 fully saturated rings. The van der Waals surface area contributed by atoms with Crippen LogP contribution in [0.5, 0.6) is 0 Å². The molecule has 7 nitrogen and oxygen atoms in total. The van der Waals surface area contributed by atoms with Crippen molar-refractivity contribution in [3.63, 3.8) is 0 Å². The molecule has 180 valence electrons. The molecule has 0 spiro atoms. The van der Waals surface area contributed by atoms with E-state index in [4.69, 9.17) is 0 Å². The highest BCUT2D eigenvalue weighted by Crippen LogP contribution is 2.39. The molecule has 1 heterocycles. The normalized spacial score (nSPS) is 18.9. The smallest absolute Gasteiger partial charge is 0.255 e. The van der Waals surface area contributed by atoms with Crippen molar-refractivity contribution >= 4 is 40.7 Å². The second-order valence-corrected chi connectivity index (χ2v) is 9.12. The molecule has 7 heteroatoms. The van der Waals surface area contributed by atoms with Gasteiger partial charge in [-0.1, -0.05) is 35.9 Å². The number of anilines is 3. The van der Waals surface area contributed by atoms with E-state index in [-0.39, 0.29) is 35.5 Å². The Kier molecular flexibility index (Phi) is 6.21. The van der Waals surface area contributed by atoms with E-state index in [0.717, 1.165) is 5.57 Å². The average molecular weight is 480 g/mol. The molecule has 2 atom stereocenters. The molecule has 3 aromatic carbocycles. The minimum Gasteiger partial charge on any atom is -0.322 e. The number of hydrogen-bond donors (Lipinski definition) is 2. The van der Waals surface area contributed by atoms with Crippen LogP contribution >= 0.6 is 0 Å². The van der Waals surface area contributed by atoms with Gasteiger partial charge in [0.1, 0.15) is 0 Å². The topological polar surface area (TPSA) is 95.6 Å². The summed E-state index contributed by atoms with van der Waals surface area (Å²) in [4.78, 5) is 52.4. The van der Waals surface area contributed by atoms with Crippen molar-refractivity contribution in [3.8, 4) is 0 Å². The molecule has 1 aliphatic carbocycles. The SMILES string of the molecule is CC1=CC[C@H]2C(=O)N(c3ccc(C(=O)Nc4cccc(C(=O)Nc5ccccc5)c4)cc3)C(=O)[C@H]2C1. The zero-order chi connectivity index (χ0) is 25.2. The van der Waals surface area contributed by atoms with Crippen LogP contribution in [-0.2, 0) is 9.59 Å². The average Bonchev–Trinajstić information content (AvgIpc) is 3.13. The number of carbonyl (C=O) groups is 4. The molecule has 0 saturated carbocycles. The summed E-state index contributed by atoms with van der Waals surface area (Å²) in [5, 5.41) is 5.61. The van der Waals surface area contributed by atoms with E-state index in [1.807, 2.05) is 31.2 Å². The van der Waals surface area contributed by atoms with E-state index in [0.29, 0.717) is 41.0 Å². The lowest BCUT2D eigenvalue weighted by Gasteiger charge is -2.18. The number of benzene rings is 3. The first-order valence-electron chi connectivity index (χ1n) is 11.8. The van der Waals surface area contributed by atoms with Crippen molar-refractivity contribution in [1.82, 2.24) is 0 Å². The lowest BCUT2D eigenvalue weighted by atomic mass is 9.82. The van der Waals surface area contributed by atoms with Gasteiger partial charge in [-0.2, -0.15) is 0 Å². The highest BCUT2D eigenvalue weighted by molar-refractivity contribution is 6.22. The number of hydrogen-bond acceptors (Lipinski definition) is 4. The number of nitrogens with one attached hydrogen (secondary N) is 2. The van der Waals surface area contributed by atoms with Gasteiger partial charge in [0.25, 0.3) is 11.8 Å². The molecule has 0 radical (unpaired) electrons. The van der Waals surface area contributed by atoms with Crippen LogP contribution in [0, 0.1) is 11.8 Å². The summed E-state index contributed by atoms with van der Waals surface area (Å²) in [6.07, 6.45) is 3.22. The number of imide groups is 1. The summed E-state index contributed by atoms with van der Waals surface area (Å²) in [5.41, 5.74) is 3.52. The van der Waals surface area contributed by atoms with Crippen molar-refractivity contribution in [2.24, 2.45) is 11.8 Å². The maximum absolute atomic E-state index is 12.9. The van der Waals surface area contributed by atoms with E-state index in [1.165, 1.54) is 4.90 Å². The molecule has 2 N–H and O–H groups in total. The minimum atomic E-state index is -0.366. The van der Waals surface area contributed by atoms with Crippen LogP contribution in [0.25, 0.3) is 0 Å². The van der Waals surface area contributed by atoms with Gasteiger partial charge in [0.15, 0.2) is 0 Å². The first-order valence-corrected chi connectivity index (χ1v) is 11.8. The minimum absolute atomic E-state index is 0.180. The first-order chi connectivity index (χ1) is 17.4. The van der Waals surface area contributed by atoms with Crippen molar-refractivity contribution < 1.29 is 19.2 Å². The Balaban J connectivity index is 1.26. The van der Waals surface area contributed by atoms with Crippen LogP contribution in [0.15, 0.2) is 90.5 Å². The quantitative estimate of drug-likeness (QED) is 0.396. The summed E-state index contributed by atoms with van der Waals surface area (Å²) in [6.45, 7) is 1.98. The van der Waals surface area contributed by atoms with E-state index in [2.05, 4.69) is 10.6 Å². The fourth-order valence-electron chi connectivity index (χ4n) is 4.72. The Labute approximate surface area is 208 Å². The third-order valence-corrected chi connectivity index (χ3v) is 6.62. The van der Waals surface area contributed by atoms with Crippen molar-refractivity contribution in [2.75, 3.05) is 15.5 Å². The Hall–Kier alpha value is -4.52. The second kappa shape index (κ2) is 9.62. The largest absolute Gasteiger partial charge is 0.322 e. The summed E-state index contributed by atoms with van der Waals surface area (Å²) in [7, 11) is 0. The molecule has 5 rings (SSSR count). The predicted octanol–water partition coefficient (Wildman–Crippen LogP) is 5.04. The number of para-hydroxylation sites is 1. The molecule has 0 aromatic heterocycles. The zero-order valence-corrected chi connectivity index (χ0v) is 19.7. The van der Waals surface area contributed by atoms with Crippen LogP contribution in [-0.4, -0.2) is 23.6 Å². The number of carbonyl (C=O) groups excluding carboxylic acids is 4. The van der Waals surface area contributed by atoms with Crippen molar-refractivity contribution in [1.29, 1.82) is 0 Å². The maximum atomic E-state index is 12.9. The molecule has 0 unspecified atom stereocenters. The molecule has 36 heavy (non-hydrogen) atoms. The standard InChI is InChI=1S/C29H25N3O4/c1-18-10-15-24-25(16-18)29(36)32(28(24)35)23-13-11-19(12-14-23)26(33)31-22-9-5-6-20(17-22)27(34)30-21-7-3-2-4-8-21/h2-14,17,24-25H,15-16H2,1H3,(H,30,34)(H,31,33)/t24-,25+/m1/s1. The fraction of sp³-hybridized carbons (Fsp3) is 0.172. The van der Waals surface area contributed by atoms with Gasteiger partial charge in [0, 0.05) is 22.5 Å². The van der Waals surface area contributed by atoms with Crippen molar-refractivity contribution in [2.45, 2.75) is 19.8 Å².